The average Bonchev–Trinajstić information content (AvgIpc) is 2.22. The van der Waals surface area contributed by atoms with Crippen molar-refractivity contribution in [3.8, 4) is 0 Å². The summed E-state index contributed by atoms with van der Waals surface area (Å²) in [5.74, 6) is 0. The highest BCUT2D eigenvalue weighted by molar-refractivity contribution is 4.83. The summed E-state index contributed by atoms with van der Waals surface area (Å²) in [4.78, 5) is 0. The molecule has 77 valence electrons. The molecule has 0 atom stereocenters. The highest BCUT2D eigenvalue weighted by Gasteiger charge is 1.87. The molecule has 0 heterocycles. The molecule has 1 rings (SSSR count). The second kappa shape index (κ2) is 8.84. The van der Waals surface area contributed by atoms with Gasteiger partial charge in [0.05, 0.1) is 0 Å². The maximum absolute atomic E-state index is 3.22. The van der Waals surface area contributed by atoms with Crippen molar-refractivity contribution in [1.29, 1.82) is 0 Å². The summed E-state index contributed by atoms with van der Waals surface area (Å²) in [5, 5.41) is 0. The summed E-state index contributed by atoms with van der Waals surface area (Å²) in [7, 11) is 0. The first-order chi connectivity index (χ1) is 7.00. The molecule has 0 aromatic heterocycles. The molecule has 0 unspecified atom stereocenters. The van der Waals surface area contributed by atoms with Gasteiger partial charge in [0.1, 0.15) is 0 Å². The van der Waals surface area contributed by atoms with E-state index in [1.54, 1.807) is 0 Å². The molecule has 0 aromatic carbocycles. The Labute approximate surface area is 88.4 Å². The van der Waals surface area contributed by atoms with Gasteiger partial charge < -0.3 is 0 Å². The fraction of sp³-hybridized carbons (Fsp3) is 0.643. The lowest BCUT2D eigenvalue weighted by atomic mass is 10.1. The van der Waals surface area contributed by atoms with Gasteiger partial charge in [-0.1, -0.05) is 18.6 Å². The van der Waals surface area contributed by atoms with Crippen molar-refractivity contribution in [2.75, 3.05) is 0 Å². The fourth-order valence-electron chi connectivity index (χ4n) is 1.61. The van der Waals surface area contributed by atoms with Crippen molar-refractivity contribution in [1.82, 2.24) is 0 Å². The summed E-state index contributed by atoms with van der Waals surface area (Å²) >= 11 is 0. The van der Waals surface area contributed by atoms with Gasteiger partial charge in [-0.25, -0.2) is 0 Å². The quantitative estimate of drug-likeness (QED) is 0.386. The second-order valence-corrected chi connectivity index (χ2v) is 3.88. The monoisotopic (exact) mass is 189 g/mol. The third-order valence-electron chi connectivity index (χ3n) is 2.51. The third kappa shape index (κ3) is 6.74. The molecule has 0 heteroatoms. The van der Waals surface area contributed by atoms with Crippen molar-refractivity contribution >= 4 is 0 Å². The molecule has 14 heavy (non-hydrogen) atoms. The molecule has 0 nitrogen and oxygen atoms in total. The molecule has 0 N–H and O–H groups in total. The van der Waals surface area contributed by atoms with Gasteiger partial charge in [-0.05, 0) is 57.4 Å². The van der Waals surface area contributed by atoms with E-state index in [2.05, 4.69) is 30.0 Å². The smallest absolute Gasteiger partial charge is 0.00453 e. The number of hydrogen-bond donors (Lipinski definition) is 0. The molecule has 0 aromatic rings. The van der Waals surface area contributed by atoms with Gasteiger partial charge in [0.2, 0.25) is 0 Å². The van der Waals surface area contributed by atoms with Gasteiger partial charge in [-0.2, -0.15) is 0 Å². The first-order valence-electron chi connectivity index (χ1n) is 5.95. The van der Waals surface area contributed by atoms with Crippen LogP contribution >= 0.6 is 0 Å². The van der Waals surface area contributed by atoms with E-state index >= 15 is 0 Å². The van der Waals surface area contributed by atoms with Crippen LogP contribution in [0.25, 0.3) is 0 Å². The van der Waals surface area contributed by atoms with Crippen LogP contribution in [0.5, 0.6) is 0 Å². The zero-order valence-electron chi connectivity index (χ0n) is 9.10. The zero-order valence-corrected chi connectivity index (χ0v) is 9.10. The minimum atomic E-state index is 1.08. The van der Waals surface area contributed by atoms with E-state index in [0.717, 1.165) is 6.42 Å². The van der Waals surface area contributed by atoms with Crippen LogP contribution < -0.4 is 0 Å². The molecular formula is C14H21. The van der Waals surface area contributed by atoms with Crippen molar-refractivity contribution in [2.45, 2.75) is 57.8 Å². The summed E-state index contributed by atoms with van der Waals surface area (Å²) in [5.41, 5.74) is 3.15. The molecule has 0 saturated carbocycles. The Morgan fingerprint density at radius 2 is 1.43 bits per heavy atom. The topological polar surface area (TPSA) is 0 Å². The molecule has 0 saturated heterocycles. The van der Waals surface area contributed by atoms with Gasteiger partial charge in [-0.15, -0.1) is 5.73 Å². The minimum absolute atomic E-state index is 1.08. The standard InChI is InChI=1S/C14H21/c1-2-4-6-8-10-12-14-13-11-9-7-5-3-1/h1-2,11H,3-10,12H2. The van der Waals surface area contributed by atoms with Crippen molar-refractivity contribution in [3.05, 3.63) is 30.0 Å². The number of allylic oxidation sites excluding steroid dienone is 3. The molecule has 1 aliphatic carbocycles. The molecule has 1 radical (unpaired) electrons. The zero-order chi connectivity index (χ0) is 9.90. The van der Waals surface area contributed by atoms with Gasteiger partial charge in [0.15, 0.2) is 0 Å². The van der Waals surface area contributed by atoms with Crippen LogP contribution in [-0.4, -0.2) is 0 Å². The second-order valence-electron chi connectivity index (χ2n) is 3.88. The van der Waals surface area contributed by atoms with E-state index in [0.29, 0.717) is 0 Å². The van der Waals surface area contributed by atoms with Crippen LogP contribution in [0.1, 0.15) is 57.8 Å². The molecule has 0 amide bonds. The Morgan fingerprint density at radius 1 is 0.714 bits per heavy atom. The lowest BCUT2D eigenvalue weighted by molar-refractivity contribution is 0.687. The Kier molecular flexibility index (Phi) is 7.16. The number of hydrogen-bond acceptors (Lipinski definition) is 0. The Balaban J connectivity index is 2.25. The predicted octanol–water partition coefficient (Wildman–Crippen LogP) is 4.58. The van der Waals surface area contributed by atoms with Gasteiger partial charge >= 0.3 is 0 Å². The van der Waals surface area contributed by atoms with Gasteiger partial charge in [-0.3, -0.25) is 0 Å². The summed E-state index contributed by atoms with van der Waals surface area (Å²) in [6.45, 7) is 0. The first kappa shape index (κ1) is 11.3. The van der Waals surface area contributed by atoms with Crippen LogP contribution in [0.4, 0.5) is 0 Å². The van der Waals surface area contributed by atoms with E-state index in [1.165, 1.54) is 51.4 Å². The van der Waals surface area contributed by atoms with E-state index in [9.17, 15) is 0 Å². The lowest BCUT2D eigenvalue weighted by Crippen LogP contribution is -1.77. The van der Waals surface area contributed by atoms with E-state index in [4.69, 9.17) is 0 Å². The molecular weight excluding hydrogens is 168 g/mol. The maximum Gasteiger partial charge on any atom is 0.00453 e. The van der Waals surface area contributed by atoms with Crippen molar-refractivity contribution < 1.29 is 0 Å². The maximum atomic E-state index is 3.22. The normalized spacial score (nSPS) is 20.6. The Morgan fingerprint density at radius 3 is 2.29 bits per heavy atom. The Bertz CT molecular complexity index is 204. The average molecular weight is 189 g/mol. The predicted molar refractivity (Wildman–Crippen MR) is 62.0 cm³/mol. The van der Waals surface area contributed by atoms with Crippen LogP contribution in [-0.2, 0) is 0 Å². The molecule has 1 aliphatic rings. The summed E-state index contributed by atoms with van der Waals surface area (Å²) in [6, 6.07) is 0. The number of rotatable bonds is 0. The largest absolute Gasteiger partial charge is 0.121 e. The van der Waals surface area contributed by atoms with Crippen molar-refractivity contribution in [3.63, 3.8) is 0 Å². The molecule has 0 fully saturated rings. The minimum Gasteiger partial charge on any atom is -0.121 e. The van der Waals surface area contributed by atoms with E-state index in [1.807, 2.05) is 0 Å². The molecule has 0 aliphatic heterocycles. The van der Waals surface area contributed by atoms with Crippen molar-refractivity contribution in [2.24, 2.45) is 0 Å². The van der Waals surface area contributed by atoms with Crippen LogP contribution in [0.15, 0.2) is 24.0 Å². The molecule has 0 bridgehead atoms. The first-order valence-corrected chi connectivity index (χ1v) is 5.95. The van der Waals surface area contributed by atoms with Gasteiger partial charge in [0.25, 0.3) is 0 Å². The van der Waals surface area contributed by atoms with Gasteiger partial charge in [0, 0.05) is 6.08 Å². The van der Waals surface area contributed by atoms with Crippen LogP contribution in [0.3, 0.4) is 0 Å². The molecule has 0 spiro atoms. The lowest BCUT2D eigenvalue weighted by Gasteiger charge is -1.96. The highest BCUT2D eigenvalue weighted by atomic mass is 13.9. The van der Waals surface area contributed by atoms with Crippen LogP contribution in [0.2, 0.25) is 0 Å². The van der Waals surface area contributed by atoms with E-state index in [-0.39, 0.29) is 0 Å². The third-order valence-corrected chi connectivity index (χ3v) is 2.51. The Hall–Kier alpha value is -0.740. The fourth-order valence-corrected chi connectivity index (χ4v) is 1.61. The van der Waals surface area contributed by atoms with Crippen LogP contribution in [0, 0.1) is 6.08 Å². The highest BCUT2D eigenvalue weighted by Crippen LogP contribution is 2.06. The van der Waals surface area contributed by atoms with E-state index < -0.39 is 0 Å². The SMILES string of the molecule is [C]1=C=CCCCCC=CCCCCC1. The summed E-state index contributed by atoms with van der Waals surface area (Å²) in [6.07, 6.45) is 21.4. The summed E-state index contributed by atoms with van der Waals surface area (Å²) < 4.78 is 0.